The van der Waals surface area contributed by atoms with E-state index < -0.39 is 0 Å². The Balaban J connectivity index is 1.77. The van der Waals surface area contributed by atoms with Crippen LogP contribution in [0.4, 0.5) is 0 Å². The van der Waals surface area contributed by atoms with Gasteiger partial charge >= 0.3 is 0 Å². The van der Waals surface area contributed by atoms with Gasteiger partial charge in [-0.15, -0.1) is 16.4 Å². The van der Waals surface area contributed by atoms with Gasteiger partial charge in [0.15, 0.2) is 5.15 Å². The molecule has 0 amide bonds. The maximum Gasteiger partial charge on any atom is 0.151 e. The Bertz CT molecular complexity index is 537. The van der Waals surface area contributed by atoms with Crippen LogP contribution in [0.25, 0.3) is 0 Å². The van der Waals surface area contributed by atoms with E-state index in [1.165, 1.54) is 10.4 Å². The molecule has 1 unspecified atom stereocenters. The van der Waals surface area contributed by atoms with Gasteiger partial charge in [-0.1, -0.05) is 11.6 Å². The molecule has 0 aliphatic carbocycles. The lowest BCUT2D eigenvalue weighted by Crippen LogP contribution is -2.32. The monoisotopic (exact) mass is 279 g/mol. The van der Waals surface area contributed by atoms with Crippen molar-refractivity contribution >= 4 is 22.9 Å². The molecule has 1 aliphatic heterocycles. The molecule has 3 nitrogen and oxygen atoms in total. The summed E-state index contributed by atoms with van der Waals surface area (Å²) < 4.78 is 0. The lowest BCUT2D eigenvalue weighted by Gasteiger charge is -2.33. The Morgan fingerprint density at radius 2 is 2.28 bits per heavy atom. The van der Waals surface area contributed by atoms with E-state index in [0.717, 1.165) is 25.2 Å². The molecular weight excluding hydrogens is 266 g/mol. The van der Waals surface area contributed by atoms with E-state index in [9.17, 15) is 0 Å². The van der Waals surface area contributed by atoms with Gasteiger partial charge in [-0.25, -0.2) is 0 Å². The number of halogens is 1. The summed E-state index contributed by atoms with van der Waals surface area (Å²) >= 11 is 7.62. The van der Waals surface area contributed by atoms with Crippen molar-refractivity contribution in [3.8, 4) is 0 Å². The zero-order valence-corrected chi connectivity index (χ0v) is 11.7. The van der Waals surface area contributed by atoms with Gasteiger partial charge in [0.25, 0.3) is 0 Å². The Morgan fingerprint density at radius 1 is 1.39 bits per heavy atom. The second-order valence-corrected chi connectivity index (χ2v) is 5.93. The molecule has 1 atom stereocenters. The molecule has 0 bridgehead atoms. The molecule has 3 heterocycles. The first-order valence-corrected chi connectivity index (χ1v) is 7.28. The lowest BCUT2D eigenvalue weighted by molar-refractivity contribution is 0.188. The molecule has 0 spiro atoms. The van der Waals surface area contributed by atoms with Crippen LogP contribution in [0.5, 0.6) is 0 Å². The number of thiophene rings is 1. The predicted octanol–water partition coefficient (Wildman–Crippen LogP) is 3.31. The number of hydrogen-bond acceptors (Lipinski definition) is 4. The van der Waals surface area contributed by atoms with Gasteiger partial charge in [-0.05, 0) is 42.5 Å². The van der Waals surface area contributed by atoms with Gasteiger partial charge in [0.2, 0.25) is 0 Å². The zero-order valence-electron chi connectivity index (χ0n) is 10.1. The van der Waals surface area contributed by atoms with Crippen molar-refractivity contribution in [3.05, 3.63) is 44.9 Å². The number of rotatable bonds is 2. The normalized spacial score (nSPS) is 19.8. The highest BCUT2D eigenvalue weighted by molar-refractivity contribution is 7.10. The Hall–Kier alpha value is -0.970. The number of nitrogens with zero attached hydrogens (tertiary/aromatic N) is 3. The van der Waals surface area contributed by atoms with Crippen molar-refractivity contribution in [2.75, 3.05) is 6.54 Å². The summed E-state index contributed by atoms with van der Waals surface area (Å²) in [5.74, 6) is 0. The van der Waals surface area contributed by atoms with E-state index in [2.05, 4.69) is 33.5 Å². The molecule has 18 heavy (non-hydrogen) atoms. The van der Waals surface area contributed by atoms with Gasteiger partial charge in [0.05, 0.1) is 5.69 Å². The van der Waals surface area contributed by atoms with Crippen LogP contribution < -0.4 is 0 Å². The Labute approximate surface area is 115 Å². The van der Waals surface area contributed by atoms with Crippen LogP contribution in [0.2, 0.25) is 5.15 Å². The molecule has 0 radical (unpaired) electrons. The van der Waals surface area contributed by atoms with Crippen LogP contribution in [0.15, 0.2) is 23.6 Å². The van der Waals surface area contributed by atoms with E-state index in [1.807, 2.05) is 17.4 Å². The molecule has 1 aliphatic rings. The van der Waals surface area contributed by atoms with Crippen LogP contribution in [-0.2, 0) is 13.0 Å². The van der Waals surface area contributed by atoms with Gasteiger partial charge < -0.3 is 0 Å². The summed E-state index contributed by atoms with van der Waals surface area (Å²) in [5.41, 5.74) is 2.44. The molecule has 94 valence electrons. The average Bonchev–Trinajstić information content (AvgIpc) is 2.84. The minimum Gasteiger partial charge on any atom is -0.290 e. The van der Waals surface area contributed by atoms with Crippen molar-refractivity contribution in [2.24, 2.45) is 0 Å². The number of aromatic nitrogens is 2. The van der Waals surface area contributed by atoms with Gasteiger partial charge in [-0.3, -0.25) is 4.90 Å². The van der Waals surface area contributed by atoms with Crippen molar-refractivity contribution in [2.45, 2.75) is 25.9 Å². The molecule has 0 aromatic carbocycles. The standard InChI is InChI=1S/C13H14ClN3S/c1-9-11-5-7-18-12(11)4-6-17(9)8-10-2-3-13(14)16-15-10/h2-3,5,7,9H,4,6,8H2,1H3. The summed E-state index contributed by atoms with van der Waals surface area (Å²) in [6.07, 6.45) is 1.14. The van der Waals surface area contributed by atoms with E-state index >= 15 is 0 Å². The number of fused-ring (bicyclic) bond motifs is 1. The molecule has 2 aromatic rings. The number of hydrogen-bond donors (Lipinski definition) is 0. The van der Waals surface area contributed by atoms with E-state index in [0.29, 0.717) is 11.2 Å². The van der Waals surface area contributed by atoms with E-state index in [1.54, 1.807) is 6.07 Å². The topological polar surface area (TPSA) is 29.0 Å². The molecule has 0 N–H and O–H groups in total. The first-order chi connectivity index (χ1) is 8.74. The molecular formula is C13H14ClN3S. The molecule has 3 rings (SSSR count). The predicted molar refractivity (Wildman–Crippen MR) is 73.9 cm³/mol. The van der Waals surface area contributed by atoms with Crippen LogP contribution in [0, 0.1) is 0 Å². The lowest BCUT2D eigenvalue weighted by atomic mass is 10.0. The summed E-state index contributed by atoms with van der Waals surface area (Å²) in [5, 5.41) is 10.7. The zero-order chi connectivity index (χ0) is 12.5. The van der Waals surface area contributed by atoms with E-state index in [-0.39, 0.29) is 0 Å². The third kappa shape index (κ3) is 2.28. The maximum absolute atomic E-state index is 5.75. The molecule has 5 heteroatoms. The minimum absolute atomic E-state index is 0.450. The highest BCUT2D eigenvalue weighted by Crippen LogP contribution is 2.33. The minimum atomic E-state index is 0.450. The molecule has 0 saturated carbocycles. The van der Waals surface area contributed by atoms with Gasteiger partial charge in [0.1, 0.15) is 0 Å². The summed E-state index contributed by atoms with van der Waals surface area (Å²) in [6, 6.07) is 6.45. The summed E-state index contributed by atoms with van der Waals surface area (Å²) in [4.78, 5) is 3.97. The molecule has 2 aromatic heterocycles. The Morgan fingerprint density at radius 3 is 3.06 bits per heavy atom. The third-order valence-electron chi connectivity index (χ3n) is 3.46. The summed E-state index contributed by atoms with van der Waals surface area (Å²) in [6.45, 7) is 4.17. The first kappa shape index (κ1) is 12.1. The molecule has 0 fully saturated rings. The Kier molecular flexibility index (Phi) is 3.33. The van der Waals surface area contributed by atoms with Crippen molar-refractivity contribution in [1.82, 2.24) is 15.1 Å². The third-order valence-corrected chi connectivity index (χ3v) is 4.65. The highest BCUT2D eigenvalue weighted by atomic mass is 35.5. The van der Waals surface area contributed by atoms with E-state index in [4.69, 9.17) is 11.6 Å². The molecule has 0 saturated heterocycles. The highest BCUT2D eigenvalue weighted by Gasteiger charge is 2.24. The average molecular weight is 280 g/mol. The van der Waals surface area contributed by atoms with Crippen LogP contribution in [-0.4, -0.2) is 21.6 Å². The SMILES string of the molecule is CC1c2ccsc2CCN1Cc1ccc(Cl)nn1. The summed E-state index contributed by atoms with van der Waals surface area (Å²) in [7, 11) is 0. The second-order valence-electron chi connectivity index (χ2n) is 4.54. The fraction of sp³-hybridized carbons (Fsp3) is 0.385. The van der Waals surface area contributed by atoms with Crippen molar-refractivity contribution in [1.29, 1.82) is 0 Å². The van der Waals surface area contributed by atoms with Crippen molar-refractivity contribution < 1.29 is 0 Å². The first-order valence-electron chi connectivity index (χ1n) is 6.02. The fourth-order valence-electron chi connectivity index (χ4n) is 2.41. The second kappa shape index (κ2) is 4.96. The van der Waals surface area contributed by atoms with Crippen LogP contribution in [0.3, 0.4) is 0 Å². The van der Waals surface area contributed by atoms with Crippen molar-refractivity contribution in [3.63, 3.8) is 0 Å². The van der Waals surface area contributed by atoms with Gasteiger partial charge in [0, 0.05) is 24.0 Å². The van der Waals surface area contributed by atoms with Gasteiger partial charge in [-0.2, -0.15) is 5.10 Å². The van der Waals surface area contributed by atoms with Crippen LogP contribution >= 0.6 is 22.9 Å². The maximum atomic E-state index is 5.75. The fourth-order valence-corrected chi connectivity index (χ4v) is 3.48. The van der Waals surface area contributed by atoms with Crippen LogP contribution in [0.1, 0.15) is 29.1 Å². The largest absolute Gasteiger partial charge is 0.290 e. The smallest absolute Gasteiger partial charge is 0.151 e. The quantitative estimate of drug-likeness (QED) is 0.844.